The molecule has 13 heavy (non-hydrogen) atoms. The fourth-order valence-electron chi connectivity index (χ4n) is 1.45. The smallest absolute Gasteiger partial charge is 0.245 e. The van der Waals surface area contributed by atoms with E-state index >= 15 is 0 Å². The van der Waals surface area contributed by atoms with Crippen molar-refractivity contribution in [2.75, 3.05) is 6.54 Å². The first-order chi connectivity index (χ1) is 6.06. The minimum atomic E-state index is -0.316. The van der Waals surface area contributed by atoms with E-state index in [4.69, 9.17) is 0 Å². The van der Waals surface area contributed by atoms with Gasteiger partial charge in [0.1, 0.15) is 6.04 Å². The predicted octanol–water partition coefficient (Wildman–Crippen LogP) is 0.132. The Bertz CT molecular complexity index is 226. The summed E-state index contributed by atoms with van der Waals surface area (Å²) < 4.78 is 0. The molecule has 1 aliphatic heterocycles. The molecule has 0 saturated carbocycles. The molecule has 4 nitrogen and oxygen atoms in total. The molecule has 4 heteroatoms. The summed E-state index contributed by atoms with van der Waals surface area (Å²) in [5, 5.41) is 2.67. The lowest BCUT2D eigenvalue weighted by molar-refractivity contribution is -0.146. The van der Waals surface area contributed by atoms with Crippen LogP contribution in [0.4, 0.5) is 0 Å². The molecule has 1 N–H and O–H groups in total. The van der Waals surface area contributed by atoms with E-state index in [1.54, 1.807) is 4.90 Å². The van der Waals surface area contributed by atoms with Gasteiger partial charge in [-0.05, 0) is 20.3 Å². The molecule has 0 aromatic rings. The lowest BCUT2D eigenvalue weighted by Crippen LogP contribution is -2.59. The zero-order chi connectivity index (χ0) is 10.0. The van der Waals surface area contributed by atoms with Crippen LogP contribution in [0.25, 0.3) is 0 Å². The lowest BCUT2D eigenvalue weighted by atomic mass is 10.1. The standard InChI is InChI=1S/C9H16N2O2/c1-4-7-9(13)11(6(2)3)5-8(12)10-7/h6-7H,4-5H2,1-3H3,(H,10,12). The van der Waals surface area contributed by atoms with Gasteiger partial charge in [-0.25, -0.2) is 0 Å². The van der Waals surface area contributed by atoms with Gasteiger partial charge in [0.05, 0.1) is 6.54 Å². The molecule has 0 aliphatic carbocycles. The summed E-state index contributed by atoms with van der Waals surface area (Å²) in [5.74, 6) is -0.0164. The Balaban J connectivity index is 2.75. The van der Waals surface area contributed by atoms with Crippen molar-refractivity contribution >= 4 is 11.8 Å². The van der Waals surface area contributed by atoms with Crippen LogP contribution in [-0.2, 0) is 9.59 Å². The van der Waals surface area contributed by atoms with E-state index in [1.807, 2.05) is 20.8 Å². The van der Waals surface area contributed by atoms with Crippen LogP contribution in [0.5, 0.6) is 0 Å². The van der Waals surface area contributed by atoms with E-state index in [0.29, 0.717) is 6.42 Å². The Kier molecular flexibility index (Phi) is 2.90. The molecule has 74 valence electrons. The van der Waals surface area contributed by atoms with E-state index in [-0.39, 0.29) is 30.4 Å². The van der Waals surface area contributed by atoms with Crippen molar-refractivity contribution in [3.05, 3.63) is 0 Å². The zero-order valence-electron chi connectivity index (χ0n) is 8.33. The van der Waals surface area contributed by atoms with E-state index in [9.17, 15) is 9.59 Å². The number of nitrogens with zero attached hydrogens (tertiary/aromatic N) is 1. The van der Waals surface area contributed by atoms with Gasteiger partial charge in [0.25, 0.3) is 0 Å². The first-order valence-corrected chi connectivity index (χ1v) is 4.66. The average molecular weight is 184 g/mol. The molecule has 0 bridgehead atoms. The van der Waals surface area contributed by atoms with Crippen LogP contribution < -0.4 is 5.32 Å². The van der Waals surface area contributed by atoms with Gasteiger partial charge in [-0.3, -0.25) is 9.59 Å². The minimum absolute atomic E-state index is 0.0390. The van der Waals surface area contributed by atoms with E-state index in [1.165, 1.54) is 0 Å². The lowest BCUT2D eigenvalue weighted by Gasteiger charge is -2.34. The highest BCUT2D eigenvalue weighted by atomic mass is 16.2. The number of carbonyl (C=O) groups is 2. The summed E-state index contributed by atoms with van der Waals surface area (Å²) in [5.41, 5.74) is 0. The monoisotopic (exact) mass is 184 g/mol. The summed E-state index contributed by atoms with van der Waals surface area (Å²) >= 11 is 0. The van der Waals surface area contributed by atoms with Crippen LogP contribution in [0.2, 0.25) is 0 Å². The Morgan fingerprint density at radius 2 is 2.15 bits per heavy atom. The third kappa shape index (κ3) is 1.99. The maximum absolute atomic E-state index is 11.7. The molecule has 1 atom stereocenters. The van der Waals surface area contributed by atoms with Crippen LogP contribution in [-0.4, -0.2) is 35.3 Å². The van der Waals surface area contributed by atoms with Crippen molar-refractivity contribution < 1.29 is 9.59 Å². The molecule has 0 aromatic carbocycles. The number of rotatable bonds is 2. The molecular weight excluding hydrogens is 168 g/mol. The minimum Gasteiger partial charge on any atom is -0.343 e. The summed E-state index contributed by atoms with van der Waals surface area (Å²) in [4.78, 5) is 24.5. The highest BCUT2D eigenvalue weighted by Gasteiger charge is 2.32. The molecule has 1 saturated heterocycles. The highest BCUT2D eigenvalue weighted by molar-refractivity contribution is 5.94. The molecule has 1 unspecified atom stereocenters. The maximum Gasteiger partial charge on any atom is 0.245 e. The van der Waals surface area contributed by atoms with Crippen LogP contribution in [0.1, 0.15) is 27.2 Å². The SMILES string of the molecule is CCC1NC(=O)CN(C(C)C)C1=O. The molecule has 1 fully saturated rings. The van der Waals surface area contributed by atoms with Crippen LogP contribution in [0, 0.1) is 0 Å². The number of carbonyl (C=O) groups excluding carboxylic acids is 2. The van der Waals surface area contributed by atoms with Gasteiger partial charge in [-0.2, -0.15) is 0 Å². The topological polar surface area (TPSA) is 49.4 Å². The van der Waals surface area contributed by atoms with Gasteiger partial charge >= 0.3 is 0 Å². The Labute approximate surface area is 78.3 Å². The van der Waals surface area contributed by atoms with E-state index in [2.05, 4.69) is 5.32 Å². The van der Waals surface area contributed by atoms with Crippen molar-refractivity contribution in [1.82, 2.24) is 10.2 Å². The summed E-state index contributed by atoms with van der Waals surface area (Å²) in [7, 11) is 0. The van der Waals surface area contributed by atoms with Gasteiger partial charge in [0.2, 0.25) is 11.8 Å². The van der Waals surface area contributed by atoms with Gasteiger partial charge in [-0.1, -0.05) is 6.92 Å². The summed E-state index contributed by atoms with van der Waals surface area (Å²) in [6.45, 7) is 5.94. The van der Waals surface area contributed by atoms with Gasteiger partial charge in [-0.15, -0.1) is 0 Å². The normalized spacial score (nSPS) is 23.7. The Hall–Kier alpha value is -1.06. The molecule has 1 heterocycles. The van der Waals surface area contributed by atoms with Crippen LogP contribution in [0.15, 0.2) is 0 Å². The third-order valence-corrected chi connectivity index (χ3v) is 2.26. The van der Waals surface area contributed by atoms with E-state index in [0.717, 1.165) is 0 Å². The molecule has 1 rings (SSSR count). The van der Waals surface area contributed by atoms with Crippen molar-refractivity contribution in [2.24, 2.45) is 0 Å². The second kappa shape index (κ2) is 3.77. The number of amides is 2. The largest absolute Gasteiger partial charge is 0.343 e. The summed E-state index contributed by atoms with van der Waals surface area (Å²) in [6.07, 6.45) is 0.661. The van der Waals surface area contributed by atoms with Gasteiger partial charge in [0.15, 0.2) is 0 Å². The molecule has 0 aromatic heterocycles. The van der Waals surface area contributed by atoms with Crippen molar-refractivity contribution in [2.45, 2.75) is 39.3 Å². The average Bonchev–Trinajstić information content (AvgIpc) is 2.08. The van der Waals surface area contributed by atoms with Gasteiger partial charge < -0.3 is 10.2 Å². The highest BCUT2D eigenvalue weighted by Crippen LogP contribution is 2.08. The first-order valence-electron chi connectivity index (χ1n) is 4.66. The summed E-state index contributed by atoms with van der Waals surface area (Å²) in [6, 6.07) is -0.212. The molecule has 0 radical (unpaired) electrons. The molecule has 1 aliphatic rings. The second-order valence-electron chi connectivity index (χ2n) is 3.59. The Morgan fingerprint density at radius 1 is 1.54 bits per heavy atom. The van der Waals surface area contributed by atoms with Crippen LogP contribution >= 0.6 is 0 Å². The van der Waals surface area contributed by atoms with E-state index < -0.39 is 0 Å². The predicted molar refractivity (Wildman–Crippen MR) is 49.1 cm³/mol. The van der Waals surface area contributed by atoms with Crippen molar-refractivity contribution in [3.8, 4) is 0 Å². The number of hydrogen-bond donors (Lipinski definition) is 1. The number of hydrogen-bond acceptors (Lipinski definition) is 2. The quantitative estimate of drug-likeness (QED) is 0.663. The maximum atomic E-state index is 11.7. The Morgan fingerprint density at radius 3 is 2.62 bits per heavy atom. The fourth-order valence-corrected chi connectivity index (χ4v) is 1.45. The van der Waals surface area contributed by atoms with Gasteiger partial charge in [0, 0.05) is 6.04 Å². The first kappa shape index (κ1) is 10.0. The number of nitrogens with one attached hydrogen (secondary N) is 1. The number of piperazine rings is 1. The molecule has 2 amide bonds. The third-order valence-electron chi connectivity index (χ3n) is 2.26. The van der Waals surface area contributed by atoms with Crippen LogP contribution in [0.3, 0.4) is 0 Å². The second-order valence-corrected chi connectivity index (χ2v) is 3.59. The fraction of sp³-hybridized carbons (Fsp3) is 0.778. The zero-order valence-corrected chi connectivity index (χ0v) is 8.33. The van der Waals surface area contributed by atoms with Crippen molar-refractivity contribution in [3.63, 3.8) is 0 Å². The molecule has 0 spiro atoms. The molecular formula is C9H16N2O2. The van der Waals surface area contributed by atoms with Crippen molar-refractivity contribution in [1.29, 1.82) is 0 Å².